The number of hydrogen-bond donors (Lipinski definition) is 2. The zero-order valence-corrected chi connectivity index (χ0v) is 26.1. The molecule has 0 bridgehead atoms. The highest BCUT2D eigenvalue weighted by Gasteiger charge is 2.32. The predicted molar refractivity (Wildman–Crippen MR) is 176 cm³/mol. The van der Waals surface area contributed by atoms with Crippen LogP contribution in [0, 0.1) is 0 Å². The Morgan fingerprint density at radius 2 is 1.80 bits per heavy atom. The number of nitrogens with one attached hydrogen (secondary N) is 1. The maximum atomic E-state index is 13.4. The van der Waals surface area contributed by atoms with E-state index in [1.807, 2.05) is 42.5 Å². The van der Waals surface area contributed by atoms with Crippen molar-refractivity contribution in [3.05, 3.63) is 87.8 Å². The van der Waals surface area contributed by atoms with Crippen LogP contribution in [0.1, 0.15) is 22.3 Å². The number of carbonyl (C=O) groups is 3. The average Bonchev–Trinajstić information content (AvgIpc) is 3.28. The molecule has 3 aromatic carbocycles. The highest BCUT2D eigenvalue weighted by molar-refractivity contribution is 8.26. The summed E-state index contributed by atoms with van der Waals surface area (Å²) < 4.78 is 12.0. The summed E-state index contributed by atoms with van der Waals surface area (Å²) in [6.45, 7) is 4.49. The van der Waals surface area contributed by atoms with E-state index in [4.69, 9.17) is 38.4 Å². The molecule has 0 saturated carbocycles. The summed E-state index contributed by atoms with van der Waals surface area (Å²) in [4.78, 5) is 41.2. The average molecular weight is 652 g/mol. The van der Waals surface area contributed by atoms with Crippen molar-refractivity contribution in [1.29, 1.82) is 0 Å². The van der Waals surface area contributed by atoms with Gasteiger partial charge in [0.25, 0.3) is 5.91 Å². The molecular weight excluding hydrogens is 622 g/mol. The van der Waals surface area contributed by atoms with Gasteiger partial charge in [-0.1, -0.05) is 53.8 Å². The maximum Gasteiger partial charge on any atom is 0.335 e. The number of carboxylic acid groups (broad SMARTS) is 1. The number of ether oxygens (including phenoxy) is 2. The molecule has 2 saturated heterocycles. The number of halogens is 1. The van der Waals surface area contributed by atoms with Crippen molar-refractivity contribution >= 4 is 69.4 Å². The van der Waals surface area contributed by atoms with Crippen molar-refractivity contribution in [2.24, 2.45) is 0 Å². The van der Waals surface area contributed by atoms with E-state index < -0.39 is 5.97 Å². The third-order valence-electron chi connectivity index (χ3n) is 7.07. The normalized spacial score (nSPS) is 16.4. The van der Waals surface area contributed by atoms with E-state index >= 15 is 0 Å². The Kier molecular flexibility index (Phi) is 10.7. The number of hydrogen-bond acceptors (Lipinski definition) is 8. The number of benzene rings is 3. The lowest BCUT2D eigenvalue weighted by Crippen LogP contribution is -2.38. The van der Waals surface area contributed by atoms with E-state index in [1.54, 1.807) is 6.08 Å². The Hall–Kier alpha value is -3.74. The van der Waals surface area contributed by atoms with E-state index in [1.165, 1.54) is 40.9 Å². The molecule has 228 valence electrons. The van der Waals surface area contributed by atoms with Gasteiger partial charge in [-0.05, 0) is 65.7 Å². The van der Waals surface area contributed by atoms with Gasteiger partial charge >= 0.3 is 5.97 Å². The molecule has 2 aliphatic rings. The van der Waals surface area contributed by atoms with Gasteiger partial charge in [0.1, 0.15) is 16.7 Å². The molecule has 0 aliphatic carbocycles. The number of morpholine rings is 1. The lowest BCUT2D eigenvalue weighted by atomic mass is 10.0. The molecule has 9 nitrogen and oxygen atoms in total. The van der Waals surface area contributed by atoms with Crippen molar-refractivity contribution < 1.29 is 29.0 Å². The van der Waals surface area contributed by atoms with Crippen LogP contribution in [-0.2, 0) is 14.3 Å². The van der Waals surface area contributed by atoms with Crippen LogP contribution in [0.5, 0.6) is 5.75 Å². The molecule has 5 rings (SSSR count). The zero-order chi connectivity index (χ0) is 31.1. The number of amides is 2. The molecule has 0 spiro atoms. The molecule has 3 aromatic rings. The summed E-state index contributed by atoms with van der Waals surface area (Å²) >= 11 is 12.9. The summed E-state index contributed by atoms with van der Waals surface area (Å²) in [6, 6.07) is 19.2. The zero-order valence-electron chi connectivity index (χ0n) is 23.7. The topological polar surface area (TPSA) is 108 Å². The number of aromatic carboxylic acids is 1. The van der Waals surface area contributed by atoms with Crippen LogP contribution in [-0.4, -0.2) is 83.0 Å². The highest BCUT2D eigenvalue weighted by Crippen LogP contribution is 2.36. The Morgan fingerprint density at radius 1 is 1.05 bits per heavy atom. The maximum absolute atomic E-state index is 13.4. The van der Waals surface area contributed by atoms with Crippen LogP contribution in [0.25, 0.3) is 17.2 Å². The van der Waals surface area contributed by atoms with Gasteiger partial charge in [0, 0.05) is 48.9 Å². The Bertz CT molecular complexity index is 1590. The molecule has 2 heterocycles. The van der Waals surface area contributed by atoms with Crippen LogP contribution >= 0.6 is 35.6 Å². The van der Waals surface area contributed by atoms with Crippen LogP contribution in [0.15, 0.2) is 71.6 Å². The highest BCUT2D eigenvalue weighted by atomic mass is 35.5. The quantitative estimate of drug-likeness (QED) is 0.201. The van der Waals surface area contributed by atoms with Crippen molar-refractivity contribution in [3.63, 3.8) is 0 Å². The summed E-state index contributed by atoms with van der Waals surface area (Å²) in [5.41, 5.74) is 3.17. The van der Waals surface area contributed by atoms with E-state index in [2.05, 4.69) is 10.2 Å². The smallest absolute Gasteiger partial charge is 0.335 e. The first kappa shape index (κ1) is 31.7. The number of carboxylic acids is 1. The van der Waals surface area contributed by atoms with Gasteiger partial charge < -0.3 is 19.9 Å². The van der Waals surface area contributed by atoms with Gasteiger partial charge in [0.15, 0.2) is 0 Å². The molecular formula is C32H30ClN3O6S2. The Balaban J connectivity index is 1.29. The summed E-state index contributed by atoms with van der Waals surface area (Å²) in [5, 5.41) is 12.4. The minimum atomic E-state index is -1.05. The number of anilines is 1. The summed E-state index contributed by atoms with van der Waals surface area (Å²) in [6.07, 6.45) is 1.79. The van der Waals surface area contributed by atoms with Gasteiger partial charge in [0.2, 0.25) is 5.91 Å². The molecule has 0 unspecified atom stereocenters. The van der Waals surface area contributed by atoms with Crippen LogP contribution in [0.4, 0.5) is 5.69 Å². The summed E-state index contributed by atoms with van der Waals surface area (Å²) in [5.74, 6) is -1.02. The fourth-order valence-electron chi connectivity index (χ4n) is 4.72. The fraction of sp³-hybridized carbons (Fsp3) is 0.250. The van der Waals surface area contributed by atoms with Crippen molar-refractivity contribution in [2.75, 3.05) is 51.3 Å². The number of rotatable bonds is 11. The van der Waals surface area contributed by atoms with Gasteiger partial charge in [-0.3, -0.25) is 19.4 Å². The molecule has 0 radical (unpaired) electrons. The first-order valence-electron chi connectivity index (χ1n) is 14.0. The van der Waals surface area contributed by atoms with Crippen molar-refractivity contribution in [1.82, 2.24) is 9.80 Å². The van der Waals surface area contributed by atoms with E-state index in [0.29, 0.717) is 45.5 Å². The van der Waals surface area contributed by atoms with Gasteiger partial charge in [0.05, 0.1) is 23.7 Å². The lowest BCUT2D eigenvalue weighted by molar-refractivity contribution is -0.122. The monoisotopic (exact) mass is 651 g/mol. The van der Waals surface area contributed by atoms with Gasteiger partial charge in [-0.25, -0.2) is 4.79 Å². The second-order valence-corrected chi connectivity index (χ2v) is 12.2. The first-order valence-corrected chi connectivity index (χ1v) is 15.6. The Morgan fingerprint density at radius 3 is 2.52 bits per heavy atom. The number of nitrogens with zero attached hydrogens (tertiary/aromatic N) is 2. The van der Waals surface area contributed by atoms with Crippen LogP contribution < -0.4 is 10.1 Å². The second kappa shape index (κ2) is 14.8. The molecule has 0 atom stereocenters. The Labute approximate surface area is 269 Å². The molecule has 0 aromatic heterocycles. The third kappa shape index (κ3) is 8.25. The number of carbonyl (C=O) groups excluding carboxylic acids is 2. The second-order valence-electron chi connectivity index (χ2n) is 10.1. The molecule has 12 heteroatoms. The molecule has 2 fully saturated rings. The standard InChI is InChI=1S/C32H30ClN3O6S2/c33-25-3-1-2-22(19-25)23-6-9-27(42-17-14-35-12-15-41-16-13-35)24(18-23)20-28-30(38)36(32(43)44-28)11-10-29(37)34-26-7-4-21(5-8-26)31(39)40/h1-9,18-20H,10-17H2,(H,34,37)(H,39,40). The largest absolute Gasteiger partial charge is 0.492 e. The summed E-state index contributed by atoms with van der Waals surface area (Å²) in [7, 11) is 0. The van der Waals surface area contributed by atoms with E-state index in [0.717, 1.165) is 36.3 Å². The van der Waals surface area contributed by atoms with Crippen molar-refractivity contribution in [2.45, 2.75) is 6.42 Å². The SMILES string of the molecule is O=C(CCN1C(=O)C(=Cc2cc(-c3cccc(Cl)c3)ccc2OCCN2CCOCC2)SC1=S)Nc1ccc(C(=O)O)cc1. The lowest BCUT2D eigenvalue weighted by Gasteiger charge is -2.26. The third-order valence-corrected chi connectivity index (χ3v) is 8.69. The van der Waals surface area contributed by atoms with Gasteiger partial charge in [-0.2, -0.15) is 0 Å². The first-order chi connectivity index (χ1) is 21.3. The van der Waals surface area contributed by atoms with Crippen LogP contribution in [0.2, 0.25) is 5.02 Å². The minimum Gasteiger partial charge on any atom is -0.492 e. The minimum absolute atomic E-state index is 0.0144. The number of thioether (sulfide) groups is 1. The molecule has 2 aliphatic heterocycles. The fourth-order valence-corrected chi connectivity index (χ4v) is 6.21. The number of thiocarbonyl (C=S) groups is 1. The van der Waals surface area contributed by atoms with Crippen molar-refractivity contribution in [3.8, 4) is 16.9 Å². The molecule has 2 amide bonds. The van der Waals surface area contributed by atoms with Crippen LogP contribution in [0.3, 0.4) is 0 Å². The molecule has 2 N–H and O–H groups in total. The predicted octanol–water partition coefficient (Wildman–Crippen LogP) is 5.65. The molecule has 44 heavy (non-hydrogen) atoms. The van der Waals surface area contributed by atoms with E-state index in [9.17, 15) is 14.4 Å². The van der Waals surface area contributed by atoms with Gasteiger partial charge in [-0.15, -0.1) is 0 Å². The van der Waals surface area contributed by atoms with E-state index in [-0.39, 0.29) is 30.3 Å².